The zero-order valence-electron chi connectivity index (χ0n) is 8.69. The van der Waals surface area contributed by atoms with Gasteiger partial charge < -0.3 is 27.0 Å². The summed E-state index contributed by atoms with van der Waals surface area (Å²) in [6.45, 7) is 3.13. The van der Waals surface area contributed by atoms with Crippen molar-refractivity contribution in [1.82, 2.24) is 5.32 Å². The van der Waals surface area contributed by atoms with Crippen LogP contribution in [0.4, 0.5) is 0 Å². The highest BCUT2D eigenvalue weighted by molar-refractivity contribution is 5.30. The Morgan fingerprint density at radius 1 is 1.00 bits per heavy atom. The molecule has 0 heterocycles. The summed E-state index contributed by atoms with van der Waals surface area (Å²) in [7, 11) is 0. The first-order chi connectivity index (χ1) is 7.20. The van der Waals surface area contributed by atoms with Gasteiger partial charge in [0, 0.05) is 32.2 Å². The molecular formula is C10H19N3O2. The fourth-order valence-electron chi connectivity index (χ4n) is 0.822. The van der Waals surface area contributed by atoms with Gasteiger partial charge in [0.1, 0.15) is 11.5 Å². The van der Waals surface area contributed by atoms with Crippen molar-refractivity contribution in [1.29, 1.82) is 0 Å². The predicted molar refractivity (Wildman–Crippen MR) is 60.8 cm³/mol. The molecule has 0 atom stereocenters. The van der Waals surface area contributed by atoms with E-state index in [9.17, 15) is 0 Å². The van der Waals surface area contributed by atoms with Crippen LogP contribution in [0.15, 0.2) is 24.3 Å². The minimum absolute atomic E-state index is 0.0880. The molecule has 7 N–H and O–H groups in total. The summed E-state index contributed by atoms with van der Waals surface area (Å²) in [5, 5.41) is 20.3. The number of nitrogens with two attached hydrogens (primary N) is 2. The third kappa shape index (κ3) is 9.01. The highest BCUT2D eigenvalue weighted by Gasteiger charge is 1.85. The molecule has 0 aromatic heterocycles. The third-order valence-corrected chi connectivity index (χ3v) is 1.47. The van der Waals surface area contributed by atoms with Gasteiger partial charge in [-0.15, -0.1) is 0 Å². The lowest BCUT2D eigenvalue weighted by molar-refractivity contribution is 0.450. The Hall–Kier alpha value is -1.30. The molecule has 0 amide bonds. The first-order valence-electron chi connectivity index (χ1n) is 4.79. The molecule has 0 radical (unpaired) electrons. The highest BCUT2D eigenvalue weighted by Crippen LogP contribution is 2.14. The summed E-state index contributed by atoms with van der Waals surface area (Å²) in [4.78, 5) is 0. The van der Waals surface area contributed by atoms with Gasteiger partial charge in [-0.3, -0.25) is 0 Å². The lowest BCUT2D eigenvalue weighted by atomic mass is 10.3. The van der Waals surface area contributed by atoms with E-state index in [0.29, 0.717) is 13.1 Å². The Labute approximate surface area is 89.7 Å². The zero-order chi connectivity index (χ0) is 11.5. The molecule has 15 heavy (non-hydrogen) atoms. The summed E-state index contributed by atoms with van der Waals surface area (Å²) >= 11 is 0. The van der Waals surface area contributed by atoms with Crippen molar-refractivity contribution < 1.29 is 10.2 Å². The molecule has 0 fully saturated rings. The van der Waals surface area contributed by atoms with E-state index in [1.165, 1.54) is 18.2 Å². The molecule has 5 heteroatoms. The Kier molecular flexibility index (Phi) is 8.46. The van der Waals surface area contributed by atoms with Crippen LogP contribution in [-0.4, -0.2) is 36.4 Å². The molecule has 0 spiro atoms. The lowest BCUT2D eigenvalue weighted by Crippen LogP contribution is -2.27. The maximum Gasteiger partial charge on any atom is 0.119 e. The third-order valence-electron chi connectivity index (χ3n) is 1.47. The van der Waals surface area contributed by atoms with E-state index in [2.05, 4.69) is 5.32 Å². The normalized spacial score (nSPS) is 9.20. The van der Waals surface area contributed by atoms with Gasteiger partial charge in [0.05, 0.1) is 0 Å². The van der Waals surface area contributed by atoms with E-state index in [0.717, 1.165) is 13.1 Å². The number of aromatic hydroxyl groups is 2. The lowest BCUT2D eigenvalue weighted by Gasteiger charge is -1.95. The Balaban J connectivity index is 0.000000265. The molecule has 0 unspecified atom stereocenters. The number of nitrogens with one attached hydrogen (secondary N) is 1. The summed E-state index contributed by atoms with van der Waals surface area (Å²) in [6.07, 6.45) is 0. The van der Waals surface area contributed by atoms with Gasteiger partial charge in [-0.05, 0) is 12.1 Å². The first-order valence-corrected chi connectivity index (χ1v) is 4.79. The molecule has 1 aromatic rings. The second-order valence-corrected chi connectivity index (χ2v) is 2.85. The minimum atomic E-state index is 0.0880. The van der Waals surface area contributed by atoms with Crippen molar-refractivity contribution in [2.75, 3.05) is 26.2 Å². The van der Waals surface area contributed by atoms with Gasteiger partial charge in [-0.2, -0.15) is 0 Å². The Bertz CT molecular complexity index is 235. The maximum atomic E-state index is 8.65. The van der Waals surface area contributed by atoms with Crippen LogP contribution in [0.25, 0.3) is 0 Å². The van der Waals surface area contributed by atoms with Crippen LogP contribution in [0.1, 0.15) is 0 Å². The SMILES string of the molecule is NCCNCCN.Oc1cccc(O)c1. The average Bonchev–Trinajstić information content (AvgIpc) is 2.19. The maximum absolute atomic E-state index is 8.65. The van der Waals surface area contributed by atoms with E-state index >= 15 is 0 Å². The van der Waals surface area contributed by atoms with Crippen LogP contribution < -0.4 is 16.8 Å². The summed E-state index contributed by atoms with van der Waals surface area (Å²) in [5.41, 5.74) is 10.3. The molecule has 0 aliphatic heterocycles. The molecule has 0 saturated carbocycles. The van der Waals surface area contributed by atoms with Gasteiger partial charge >= 0.3 is 0 Å². The molecule has 0 aliphatic rings. The van der Waals surface area contributed by atoms with Crippen LogP contribution >= 0.6 is 0 Å². The van der Waals surface area contributed by atoms with Crippen LogP contribution in [0.2, 0.25) is 0 Å². The van der Waals surface area contributed by atoms with E-state index in [1.54, 1.807) is 6.07 Å². The number of benzene rings is 1. The molecule has 1 rings (SSSR count). The van der Waals surface area contributed by atoms with E-state index in [1.807, 2.05) is 0 Å². The Morgan fingerprint density at radius 3 is 1.73 bits per heavy atom. The topological polar surface area (TPSA) is 105 Å². The molecule has 86 valence electrons. The van der Waals surface area contributed by atoms with E-state index in [-0.39, 0.29) is 11.5 Å². The van der Waals surface area contributed by atoms with Crippen LogP contribution in [-0.2, 0) is 0 Å². The fourth-order valence-corrected chi connectivity index (χ4v) is 0.822. The second kappa shape index (κ2) is 9.26. The van der Waals surface area contributed by atoms with Gasteiger partial charge in [0.25, 0.3) is 0 Å². The smallest absolute Gasteiger partial charge is 0.119 e. The van der Waals surface area contributed by atoms with E-state index in [4.69, 9.17) is 21.7 Å². The number of rotatable bonds is 4. The summed E-state index contributed by atoms with van der Waals surface area (Å²) < 4.78 is 0. The van der Waals surface area contributed by atoms with Crippen LogP contribution in [0.5, 0.6) is 11.5 Å². The quantitative estimate of drug-likeness (QED) is 0.437. The molecule has 0 aliphatic carbocycles. The van der Waals surface area contributed by atoms with Gasteiger partial charge in [0.15, 0.2) is 0 Å². The largest absolute Gasteiger partial charge is 0.508 e. The van der Waals surface area contributed by atoms with Crippen molar-refractivity contribution in [3.8, 4) is 11.5 Å². The molecule has 5 nitrogen and oxygen atoms in total. The molecular weight excluding hydrogens is 194 g/mol. The average molecular weight is 213 g/mol. The number of hydrogen-bond donors (Lipinski definition) is 5. The van der Waals surface area contributed by atoms with Gasteiger partial charge in [-0.1, -0.05) is 6.07 Å². The second-order valence-electron chi connectivity index (χ2n) is 2.85. The minimum Gasteiger partial charge on any atom is -0.508 e. The van der Waals surface area contributed by atoms with Crippen molar-refractivity contribution in [2.24, 2.45) is 11.5 Å². The van der Waals surface area contributed by atoms with Crippen molar-refractivity contribution >= 4 is 0 Å². The Morgan fingerprint density at radius 2 is 1.47 bits per heavy atom. The number of hydrogen-bond acceptors (Lipinski definition) is 5. The zero-order valence-corrected chi connectivity index (χ0v) is 8.69. The summed E-state index contributed by atoms with van der Waals surface area (Å²) in [5.74, 6) is 0.176. The summed E-state index contributed by atoms with van der Waals surface area (Å²) in [6, 6.07) is 5.85. The van der Waals surface area contributed by atoms with Crippen LogP contribution in [0, 0.1) is 0 Å². The molecule has 0 saturated heterocycles. The van der Waals surface area contributed by atoms with Gasteiger partial charge in [0.2, 0.25) is 0 Å². The van der Waals surface area contributed by atoms with Crippen molar-refractivity contribution in [3.05, 3.63) is 24.3 Å². The number of phenolic OH excluding ortho intramolecular Hbond substituents is 2. The van der Waals surface area contributed by atoms with E-state index < -0.39 is 0 Å². The number of phenols is 2. The molecule has 0 bridgehead atoms. The van der Waals surface area contributed by atoms with Crippen molar-refractivity contribution in [2.45, 2.75) is 0 Å². The monoisotopic (exact) mass is 213 g/mol. The predicted octanol–water partition coefficient (Wildman–Crippen LogP) is -0.409. The van der Waals surface area contributed by atoms with Crippen LogP contribution in [0.3, 0.4) is 0 Å². The first kappa shape index (κ1) is 13.7. The standard InChI is InChI=1S/C6H6O2.C4H13N3/c7-5-2-1-3-6(8)4-5;5-1-3-7-4-2-6/h1-4,7-8H;7H,1-6H2. The highest BCUT2D eigenvalue weighted by atomic mass is 16.3. The van der Waals surface area contributed by atoms with Crippen molar-refractivity contribution in [3.63, 3.8) is 0 Å². The fraction of sp³-hybridized carbons (Fsp3) is 0.400. The molecule has 1 aromatic carbocycles. The van der Waals surface area contributed by atoms with Gasteiger partial charge in [-0.25, -0.2) is 0 Å².